The Bertz CT molecular complexity index is 56.7. The van der Waals surface area contributed by atoms with Crippen molar-refractivity contribution < 1.29 is 4.21 Å². The molecule has 1 fully saturated rings. The van der Waals surface area contributed by atoms with Crippen LogP contribution in [0.5, 0.6) is 0 Å². The zero-order chi connectivity index (χ0) is 3.70. The van der Waals surface area contributed by atoms with E-state index in [2.05, 4.69) is 0 Å². The third-order valence-electron chi connectivity index (χ3n) is 0.430. The molecular weight excluding hydrogens is 151 g/mol. The van der Waals surface area contributed by atoms with Gasteiger partial charge >= 0.3 is 39.3 Å². The molecule has 0 aromatic rings. The molecule has 0 radical (unpaired) electrons. The average molecular weight is 155 g/mol. The minimum absolute atomic E-state index is 0.364. The molecule has 0 bridgehead atoms. The van der Waals surface area contributed by atoms with Gasteiger partial charge in [0.25, 0.3) is 0 Å². The summed E-state index contributed by atoms with van der Waals surface area (Å²) in [5.41, 5.74) is 0. The monoisotopic (exact) mass is 156 g/mol. The van der Waals surface area contributed by atoms with Gasteiger partial charge in [0.15, 0.2) is 0 Å². The quantitative estimate of drug-likeness (QED) is 0.425. The van der Waals surface area contributed by atoms with Crippen LogP contribution in [0.1, 0.15) is 0 Å². The molecule has 1 rings (SSSR count). The van der Waals surface area contributed by atoms with Crippen LogP contribution in [0.3, 0.4) is 0 Å². The van der Waals surface area contributed by atoms with Gasteiger partial charge in [-0.05, 0) is 0 Å². The van der Waals surface area contributed by atoms with E-state index in [9.17, 15) is 4.21 Å². The van der Waals surface area contributed by atoms with Crippen LogP contribution in [0.2, 0.25) is 0 Å². The Morgan fingerprint density at radius 3 is 2.00 bits per heavy atom. The van der Waals surface area contributed by atoms with Gasteiger partial charge in [-0.3, -0.25) is 0 Å². The first kappa shape index (κ1) is 3.85. The van der Waals surface area contributed by atoms with Gasteiger partial charge in [0, 0.05) is 0 Å². The summed E-state index contributed by atoms with van der Waals surface area (Å²) in [6.45, 7) is 0. The Labute approximate surface area is 39.8 Å². The van der Waals surface area contributed by atoms with Crippen LogP contribution in [0.4, 0.5) is 0 Å². The van der Waals surface area contributed by atoms with Gasteiger partial charge < -0.3 is 0 Å². The van der Waals surface area contributed by atoms with E-state index >= 15 is 0 Å². The van der Waals surface area contributed by atoms with Crippen LogP contribution in [0.25, 0.3) is 0 Å². The van der Waals surface area contributed by atoms with Crippen molar-refractivity contribution in [1.82, 2.24) is 0 Å². The van der Waals surface area contributed by atoms with Crippen molar-refractivity contribution in [3.05, 3.63) is 0 Å². The van der Waals surface area contributed by atoms with Crippen molar-refractivity contribution in [2.75, 3.05) is 9.30 Å². The fraction of sp³-hybridized carbons (Fsp3) is 1.00. The third kappa shape index (κ3) is 0.748. The van der Waals surface area contributed by atoms with Crippen molar-refractivity contribution in [3.8, 4) is 0 Å². The molecule has 0 aliphatic carbocycles. The zero-order valence-electron chi connectivity index (χ0n) is 2.64. The van der Waals surface area contributed by atoms with Crippen molar-refractivity contribution in [3.63, 3.8) is 0 Å². The first-order valence-corrected chi connectivity index (χ1v) is 5.23. The molecule has 1 nitrogen and oxygen atoms in total. The molecule has 30 valence electrons. The van der Waals surface area contributed by atoms with Crippen LogP contribution in [-0.4, -0.2) is 28.5 Å². The Morgan fingerprint density at radius 1 is 1.60 bits per heavy atom. The molecular formula is C2H4OSSe. The first-order valence-electron chi connectivity index (χ1n) is 1.32. The van der Waals surface area contributed by atoms with Crippen molar-refractivity contribution in [2.45, 2.75) is 0 Å². The molecule has 3 heteroatoms. The predicted molar refractivity (Wildman–Crippen MR) is 23.6 cm³/mol. The van der Waals surface area contributed by atoms with Crippen molar-refractivity contribution in [1.29, 1.82) is 0 Å². The Hall–Kier alpha value is 0.669. The number of hydrogen-bond donors (Lipinski definition) is 0. The minimum atomic E-state index is -0.364. The van der Waals surface area contributed by atoms with E-state index in [0.29, 0.717) is 0 Å². The van der Waals surface area contributed by atoms with Crippen LogP contribution >= 0.6 is 0 Å². The van der Waals surface area contributed by atoms with Gasteiger partial charge in [-0.15, -0.1) is 0 Å². The maximum absolute atomic E-state index is 10.0. The summed E-state index contributed by atoms with van der Waals surface area (Å²) in [4.78, 5) is 0. The summed E-state index contributed by atoms with van der Waals surface area (Å²) in [5.74, 6) is 0. The van der Waals surface area contributed by atoms with Crippen molar-refractivity contribution >= 4 is 25.8 Å². The number of hydrogen-bond acceptors (Lipinski definition) is 1. The molecule has 0 unspecified atom stereocenters. The molecule has 1 heterocycles. The molecule has 0 atom stereocenters. The second kappa shape index (κ2) is 1.41. The molecule has 1 aliphatic heterocycles. The summed E-state index contributed by atoms with van der Waals surface area (Å²) in [7, 11) is -0.364. The van der Waals surface area contributed by atoms with Gasteiger partial charge in [-0.25, -0.2) is 0 Å². The Balaban J connectivity index is 2.32. The maximum atomic E-state index is 10.0. The summed E-state index contributed by atoms with van der Waals surface area (Å²) < 4.78 is 12.1. The Morgan fingerprint density at radius 2 is 2.00 bits per heavy atom. The van der Waals surface area contributed by atoms with Crippen LogP contribution in [0, 0.1) is 0 Å². The molecule has 1 aliphatic rings. The fourth-order valence-corrected chi connectivity index (χ4v) is 2.36. The molecule has 0 N–H and O–H groups in total. The van der Waals surface area contributed by atoms with E-state index in [1.165, 1.54) is 0 Å². The summed E-state index contributed by atoms with van der Waals surface area (Å²) in [6.07, 6.45) is 0. The summed E-state index contributed by atoms with van der Waals surface area (Å²) in [5, 5.41) is 0. The van der Waals surface area contributed by atoms with Gasteiger partial charge in [0.05, 0.1) is 0 Å². The molecule has 5 heavy (non-hydrogen) atoms. The molecule has 0 saturated carbocycles. The second-order valence-electron chi connectivity index (χ2n) is 0.880. The Kier molecular flexibility index (Phi) is 1.09. The van der Waals surface area contributed by atoms with Gasteiger partial charge in [0.2, 0.25) is 0 Å². The molecule has 1 saturated heterocycles. The van der Waals surface area contributed by atoms with Crippen LogP contribution in [0.15, 0.2) is 0 Å². The summed E-state index contributed by atoms with van der Waals surface area (Å²) in [6, 6.07) is 0. The topological polar surface area (TPSA) is 17.1 Å². The standard InChI is InChI=1S/C2H4OSSe/c3-4-1-5-2-4/h1-2H2. The molecule has 0 aromatic carbocycles. The van der Waals surface area contributed by atoms with Gasteiger partial charge in [-0.2, -0.15) is 0 Å². The van der Waals surface area contributed by atoms with Crippen LogP contribution < -0.4 is 0 Å². The third-order valence-corrected chi connectivity index (χ3v) is 6.70. The normalized spacial score (nSPS) is 25.6. The SMILES string of the molecule is O=S1C[Se]C1. The van der Waals surface area contributed by atoms with Crippen molar-refractivity contribution in [2.24, 2.45) is 0 Å². The van der Waals surface area contributed by atoms with E-state index in [1.54, 1.807) is 0 Å². The zero-order valence-corrected chi connectivity index (χ0v) is 5.17. The van der Waals surface area contributed by atoms with Gasteiger partial charge in [0.1, 0.15) is 0 Å². The average Bonchev–Trinajstić information content (AvgIpc) is 1.30. The van der Waals surface area contributed by atoms with E-state index in [-0.39, 0.29) is 10.8 Å². The fourth-order valence-electron chi connectivity index (χ4n) is 0.151. The second-order valence-corrected chi connectivity index (χ2v) is 6.05. The van der Waals surface area contributed by atoms with Crippen LogP contribution in [-0.2, 0) is 10.8 Å². The first-order chi connectivity index (χ1) is 2.39. The molecule has 0 spiro atoms. The van der Waals surface area contributed by atoms with E-state index in [0.717, 1.165) is 24.3 Å². The predicted octanol–water partition coefficient (Wildman–Crippen LogP) is -0.632. The molecule has 0 aromatic heterocycles. The summed E-state index contributed by atoms with van der Waals surface area (Å²) >= 11 is 0.769. The van der Waals surface area contributed by atoms with E-state index in [4.69, 9.17) is 0 Å². The molecule has 0 amide bonds. The van der Waals surface area contributed by atoms with Gasteiger partial charge in [-0.1, -0.05) is 0 Å². The van der Waals surface area contributed by atoms with E-state index < -0.39 is 0 Å². The van der Waals surface area contributed by atoms with E-state index in [1.807, 2.05) is 0 Å². The number of rotatable bonds is 0.